The average molecular weight is 222 g/mol. The number of carbonyl (C=O) groups excluding carboxylic acids is 1. The maximum Gasteiger partial charge on any atom is 0.326 e. The number of aromatic nitrogens is 3. The molecule has 0 aromatic carbocycles. The van der Waals surface area contributed by atoms with Gasteiger partial charge in [-0.2, -0.15) is 10.4 Å². The number of carbonyl (C=O) groups is 1. The lowest BCUT2D eigenvalue weighted by molar-refractivity contribution is -0.151. The van der Waals surface area contributed by atoms with E-state index in [2.05, 4.69) is 10.1 Å². The first-order chi connectivity index (χ1) is 7.53. The Morgan fingerprint density at radius 1 is 1.75 bits per heavy atom. The topological polar surface area (TPSA) is 80.8 Å². The third-order valence-electron chi connectivity index (χ3n) is 2.29. The molecule has 1 aromatic rings. The molecule has 0 fully saturated rings. The molecule has 6 nitrogen and oxygen atoms in total. The van der Waals surface area contributed by atoms with Crippen LogP contribution in [0.2, 0.25) is 0 Å². The highest BCUT2D eigenvalue weighted by Gasteiger charge is 2.36. The van der Waals surface area contributed by atoms with E-state index in [4.69, 9.17) is 10.00 Å². The zero-order valence-electron chi connectivity index (χ0n) is 9.60. The van der Waals surface area contributed by atoms with Crippen molar-refractivity contribution >= 4 is 5.97 Å². The molecule has 86 valence electrons. The largest absolute Gasteiger partial charge is 0.465 e. The van der Waals surface area contributed by atoms with Crippen molar-refractivity contribution in [3.63, 3.8) is 0 Å². The average Bonchev–Trinajstić information content (AvgIpc) is 2.64. The Bertz CT molecular complexity index is 421. The van der Waals surface area contributed by atoms with E-state index in [1.807, 2.05) is 6.07 Å². The summed E-state index contributed by atoms with van der Waals surface area (Å²) < 4.78 is 6.40. The first-order valence-electron chi connectivity index (χ1n) is 4.95. The lowest BCUT2D eigenvalue weighted by Crippen LogP contribution is -2.31. The molecule has 0 saturated heterocycles. The highest BCUT2D eigenvalue weighted by atomic mass is 16.5. The third kappa shape index (κ3) is 2.37. The number of ether oxygens (including phenoxy) is 1. The molecule has 1 atom stereocenters. The van der Waals surface area contributed by atoms with Gasteiger partial charge in [0, 0.05) is 13.5 Å². The summed E-state index contributed by atoms with van der Waals surface area (Å²) in [5, 5.41) is 12.9. The number of hydrogen-bond donors (Lipinski definition) is 0. The zero-order valence-corrected chi connectivity index (χ0v) is 9.60. The molecular weight excluding hydrogens is 208 g/mol. The number of nitrogens with zero attached hydrogens (tertiary/aromatic N) is 4. The van der Waals surface area contributed by atoms with Crippen molar-refractivity contribution < 1.29 is 9.53 Å². The van der Waals surface area contributed by atoms with E-state index in [9.17, 15) is 4.79 Å². The van der Waals surface area contributed by atoms with Crippen molar-refractivity contribution in [1.82, 2.24) is 14.8 Å². The molecule has 0 radical (unpaired) electrons. The van der Waals surface area contributed by atoms with Crippen molar-refractivity contribution in [3.8, 4) is 6.07 Å². The van der Waals surface area contributed by atoms with E-state index >= 15 is 0 Å². The lowest BCUT2D eigenvalue weighted by Gasteiger charge is -2.18. The Morgan fingerprint density at radius 2 is 2.44 bits per heavy atom. The second kappa shape index (κ2) is 4.75. The molecule has 0 aliphatic rings. The first kappa shape index (κ1) is 12.2. The minimum absolute atomic E-state index is 0.193. The second-order valence-electron chi connectivity index (χ2n) is 3.64. The van der Waals surface area contributed by atoms with Crippen molar-refractivity contribution in [2.24, 2.45) is 12.5 Å². The van der Waals surface area contributed by atoms with Crippen molar-refractivity contribution in [1.29, 1.82) is 5.26 Å². The van der Waals surface area contributed by atoms with E-state index in [0.29, 0.717) is 5.82 Å². The number of hydrogen-bond acceptors (Lipinski definition) is 5. The molecule has 0 saturated carbocycles. The number of esters is 1. The summed E-state index contributed by atoms with van der Waals surface area (Å²) in [6.07, 6.45) is 1.58. The van der Waals surface area contributed by atoms with Gasteiger partial charge in [-0.15, -0.1) is 0 Å². The molecule has 0 bridgehead atoms. The van der Waals surface area contributed by atoms with Crippen molar-refractivity contribution in [2.75, 3.05) is 6.61 Å². The second-order valence-corrected chi connectivity index (χ2v) is 3.64. The van der Waals surface area contributed by atoms with Gasteiger partial charge in [-0.25, -0.2) is 4.98 Å². The van der Waals surface area contributed by atoms with Gasteiger partial charge in [-0.1, -0.05) is 0 Å². The van der Waals surface area contributed by atoms with Crippen LogP contribution in [0.1, 0.15) is 19.7 Å². The van der Waals surface area contributed by atoms with Crippen LogP contribution in [-0.4, -0.2) is 27.3 Å². The van der Waals surface area contributed by atoms with Gasteiger partial charge >= 0.3 is 5.97 Å². The van der Waals surface area contributed by atoms with Gasteiger partial charge in [0.05, 0.1) is 12.7 Å². The van der Waals surface area contributed by atoms with Gasteiger partial charge in [-0.05, 0) is 13.8 Å². The smallest absolute Gasteiger partial charge is 0.326 e. The highest BCUT2D eigenvalue weighted by molar-refractivity contribution is 5.79. The summed E-state index contributed by atoms with van der Waals surface area (Å²) in [6.45, 7) is 3.51. The third-order valence-corrected chi connectivity index (χ3v) is 2.29. The predicted octanol–water partition coefficient (Wildman–Crippen LogP) is 0.451. The number of nitriles is 1. The van der Waals surface area contributed by atoms with E-state index in [1.165, 1.54) is 11.0 Å². The van der Waals surface area contributed by atoms with Gasteiger partial charge in [0.1, 0.15) is 12.2 Å². The fourth-order valence-corrected chi connectivity index (χ4v) is 1.24. The molecule has 16 heavy (non-hydrogen) atoms. The van der Waals surface area contributed by atoms with E-state index in [0.717, 1.165) is 0 Å². The highest BCUT2D eigenvalue weighted by Crippen LogP contribution is 2.22. The molecule has 0 N–H and O–H groups in total. The van der Waals surface area contributed by atoms with Crippen LogP contribution < -0.4 is 0 Å². The van der Waals surface area contributed by atoms with Gasteiger partial charge in [0.15, 0.2) is 5.41 Å². The van der Waals surface area contributed by atoms with Crippen LogP contribution in [0.25, 0.3) is 0 Å². The Hall–Kier alpha value is -1.90. The van der Waals surface area contributed by atoms with Gasteiger partial charge in [-0.3, -0.25) is 9.48 Å². The summed E-state index contributed by atoms with van der Waals surface area (Å²) >= 11 is 0. The molecule has 1 heterocycles. The Morgan fingerprint density at radius 3 is 2.88 bits per heavy atom. The fraction of sp³-hybridized carbons (Fsp3) is 0.600. The monoisotopic (exact) mass is 222 g/mol. The maximum atomic E-state index is 11.6. The standard InChI is InChI=1S/C10H14N4O2/c1-4-16-9(15)10(2,6-11)5-8-12-7-13-14(8)3/h7H,4-5H2,1-3H3. The molecule has 6 heteroatoms. The summed E-state index contributed by atoms with van der Waals surface area (Å²) in [5.74, 6) is 0.0533. The maximum absolute atomic E-state index is 11.6. The summed E-state index contributed by atoms with van der Waals surface area (Å²) in [5.41, 5.74) is -1.21. The van der Waals surface area contributed by atoms with Crippen LogP contribution in [0.15, 0.2) is 6.33 Å². The summed E-state index contributed by atoms with van der Waals surface area (Å²) in [6, 6.07) is 1.97. The van der Waals surface area contributed by atoms with Crippen molar-refractivity contribution in [2.45, 2.75) is 20.3 Å². The molecule has 0 aliphatic heterocycles. The van der Waals surface area contributed by atoms with Gasteiger partial charge < -0.3 is 4.74 Å². The van der Waals surface area contributed by atoms with Gasteiger partial charge in [0.2, 0.25) is 0 Å². The number of rotatable bonds is 4. The molecule has 1 aromatic heterocycles. The van der Waals surface area contributed by atoms with Crippen LogP contribution >= 0.6 is 0 Å². The minimum atomic E-state index is -1.21. The summed E-state index contributed by atoms with van der Waals surface area (Å²) in [7, 11) is 1.71. The molecule has 0 aliphatic carbocycles. The minimum Gasteiger partial charge on any atom is -0.465 e. The molecule has 0 spiro atoms. The van der Waals surface area contributed by atoms with Crippen LogP contribution in [-0.2, 0) is 23.0 Å². The quantitative estimate of drug-likeness (QED) is 0.691. The van der Waals surface area contributed by atoms with Crippen LogP contribution in [0.4, 0.5) is 0 Å². The SMILES string of the molecule is CCOC(=O)C(C)(C#N)Cc1ncnn1C. The fourth-order valence-electron chi connectivity index (χ4n) is 1.24. The normalized spacial score (nSPS) is 13.9. The van der Waals surface area contributed by atoms with E-state index in [-0.39, 0.29) is 13.0 Å². The molecule has 1 rings (SSSR count). The van der Waals surface area contributed by atoms with Gasteiger partial charge in [0.25, 0.3) is 0 Å². The lowest BCUT2D eigenvalue weighted by atomic mass is 9.88. The zero-order chi connectivity index (χ0) is 12.2. The van der Waals surface area contributed by atoms with E-state index < -0.39 is 11.4 Å². The Labute approximate surface area is 93.8 Å². The molecule has 0 amide bonds. The first-order valence-corrected chi connectivity index (χ1v) is 4.95. The predicted molar refractivity (Wildman–Crippen MR) is 55.1 cm³/mol. The van der Waals surface area contributed by atoms with Crippen LogP contribution in [0.3, 0.4) is 0 Å². The Kier molecular flexibility index (Phi) is 3.61. The number of aryl methyl sites for hydroxylation is 1. The molecular formula is C10H14N4O2. The van der Waals surface area contributed by atoms with Crippen LogP contribution in [0, 0.1) is 16.7 Å². The molecule has 1 unspecified atom stereocenters. The summed E-state index contributed by atoms with van der Waals surface area (Å²) in [4.78, 5) is 15.6. The van der Waals surface area contributed by atoms with E-state index in [1.54, 1.807) is 20.9 Å². The van der Waals surface area contributed by atoms with Crippen molar-refractivity contribution in [3.05, 3.63) is 12.2 Å². The van der Waals surface area contributed by atoms with Crippen LogP contribution in [0.5, 0.6) is 0 Å². The Balaban J connectivity index is 2.87.